The predicted octanol–water partition coefficient (Wildman–Crippen LogP) is 3.67. The van der Waals surface area contributed by atoms with Crippen LogP contribution >= 0.6 is 11.6 Å². The Morgan fingerprint density at radius 2 is 1.90 bits per heavy atom. The van der Waals surface area contributed by atoms with Crippen LogP contribution in [0.1, 0.15) is 10.4 Å². The quantitative estimate of drug-likeness (QED) is 0.735. The number of hydrogen-bond donors (Lipinski definition) is 1. The van der Waals surface area contributed by atoms with Crippen molar-refractivity contribution in [3.05, 3.63) is 65.5 Å². The van der Waals surface area contributed by atoms with Crippen molar-refractivity contribution in [2.75, 3.05) is 5.32 Å². The molecule has 2 aromatic heterocycles. The molecule has 0 aliphatic carbocycles. The van der Waals surface area contributed by atoms with Gasteiger partial charge in [0.2, 0.25) is 0 Å². The van der Waals surface area contributed by atoms with Crippen LogP contribution in [0, 0.1) is 5.82 Å². The lowest BCUT2D eigenvalue weighted by molar-refractivity contribution is 0.102. The zero-order chi connectivity index (χ0) is 14.8. The molecule has 0 radical (unpaired) electrons. The molecule has 0 spiro atoms. The maximum absolute atomic E-state index is 13.5. The van der Waals surface area contributed by atoms with E-state index in [-0.39, 0.29) is 5.69 Å². The van der Waals surface area contributed by atoms with E-state index in [1.807, 2.05) is 0 Å². The number of pyridine rings is 2. The molecular formula is C15H9ClFN3O. The highest BCUT2D eigenvalue weighted by molar-refractivity contribution is 6.35. The fraction of sp³-hybridized carbons (Fsp3) is 0. The summed E-state index contributed by atoms with van der Waals surface area (Å²) in [4.78, 5) is 19.9. The Balaban J connectivity index is 2.03. The van der Waals surface area contributed by atoms with E-state index >= 15 is 0 Å². The molecule has 0 bridgehead atoms. The third-order valence-corrected chi connectivity index (χ3v) is 3.31. The number of carbonyl (C=O) groups excluding carboxylic acids is 1. The van der Waals surface area contributed by atoms with Crippen LogP contribution in [0.3, 0.4) is 0 Å². The minimum atomic E-state index is -0.600. The standard InChI is InChI=1S/C15H9ClFN3O/c16-14-10-4-2-1-3-9(10)11(7-19-14)15(21)20-13-5-6-18-8-12(13)17/h1-8H,(H,18,20,21). The molecule has 6 heteroatoms. The molecule has 3 rings (SSSR count). The number of aromatic nitrogens is 2. The van der Waals surface area contributed by atoms with Gasteiger partial charge in [-0.2, -0.15) is 0 Å². The van der Waals surface area contributed by atoms with E-state index < -0.39 is 11.7 Å². The minimum absolute atomic E-state index is 0.0639. The topological polar surface area (TPSA) is 54.9 Å². The summed E-state index contributed by atoms with van der Waals surface area (Å²) in [6.07, 6.45) is 3.81. The van der Waals surface area contributed by atoms with Crippen LogP contribution in [0.5, 0.6) is 0 Å². The lowest BCUT2D eigenvalue weighted by Crippen LogP contribution is -2.14. The Morgan fingerprint density at radius 3 is 2.67 bits per heavy atom. The number of benzene rings is 1. The molecule has 0 saturated carbocycles. The number of halogens is 2. The van der Waals surface area contributed by atoms with E-state index in [1.165, 1.54) is 18.5 Å². The Labute approximate surface area is 124 Å². The summed E-state index contributed by atoms with van der Waals surface area (Å²) in [7, 11) is 0. The first-order valence-electron chi connectivity index (χ1n) is 6.11. The second kappa shape index (κ2) is 5.46. The van der Waals surface area contributed by atoms with Crippen LogP contribution in [-0.4, -0.2) is 15.9 Å². The summed E-state index contributed by atoms with van der Waals surface area (Å²) in [5.74, 6) is -1.06. The van der Waals surface area contributed by atoms with Crippen LogP contribution in [0.15, 0.2) is 48.9 Å². The summed E-state index contributed by atoms with van der Waals surface area (Å²) < 4.78 is 13.5. The fourth-order valence-electron chi connectivity index (χ4n) is 2.01. The van der Waals surface area contributed by atoms with Crippen LogP contribution in [0.25, 0.3) is 10.8 Å². The van der Waals surface area contributed by atoms with Gasteiger partial charge in [-0.3, -0.25) is 9.78 Å². The molecule has 1 N–H and O–H groups in total. The summed E-state index contributed by atoms with van der Waals surface area (Å²) in [6.45, 7) is 0. The first kappa shape index (κ1) is 13.5. The molecular weight excluding hydrogens is 293 g/mol. The van der Waals surface area contributed by atoms with E-state index in [9.17, 15) is 9.18 Å². The summed E-state index contributed by atoms with van der Waals surface area (Å²) in [5.41, 5.74) is 0.389. The van der Waals surface area contributed by atoms with Crippen molar-refractivity contribution in [2.24, 2.45) is 0 Å². The van der Waals surface area contributed by atoms with Crippen molar-refractivity contribution in [2.45, 2.75) is 0 Å². The fourth-order valence-corrected chi connectivity index (χ4v) is 2.22. The van der Waals surface area contributed by atoms with E-state index in [0.717, 1.165) is 6.20 Å². The Kier molecular flexibility index (Phi) is 3.50. The number of nitrogens with one attached hydrogen (secondary N) is 1. The summed E-state index contributed by atoms with van der Waals surface area (Å²) in [6, 6.07) is 8.52. The highest BCUT2D eigenvalue weighted by Crippen LogP contribution is 2.25. The van der Waals surface area contributed by atoms with Crippen molar-refractivity contribution < 1.29 is 9.18 Å². The second-order valence-electron chi connectivity index (χ2n) is 4.32. The maximum Gasteiger partial charge on any atom is 0.257 e. The molecule has 104 valence electrons. The molecule has 0 fully saturated rings. The second-order valence-corrected chi connectivity index (χ2v) is 4.68. The molecule has 0 atom stereocenters. The van der Waals surface area contributed by atoms with Gasteiger partial charge >= 0.3 is 0 Å². The van der Waals surface area contributed by atoms with Gasteiger partial charge in [0.1, 0.15) is 5.15 Å². The summed E-state index contributed by atoms with van der Waals surface area (Å²) in [5, 5.41) is 4.14. The largest absolute Gasteiger partial charge is 0.319 e. The number of nitrogens with zero attached hydrogens (tertiary/aromatic N) is 2. The number of anilines is 1. The average Bonchev–Trinajstić information content (AvgIpc) is 2.50. The van der Waals surface area contributed by atoms with E-state index in [0.29, 0.717) is 21.5 Å². The zero-order valence-corrected chi connectivity index (χ0v) is 11.4. The SMILES string of the molecule is O=C(Nc1ccncc1F)c1cnc(Cl)c2ccccc12. The lowest BCUT2D eigenvalue weighted by Gasteiger charge is -2.09. The molecule has 2 heterocycles. The zero-order valence-electron chi connectivity index (χ0n) is 10.7. The Bertz CT molecular complexity index is 838. The molecule has 21 heavy (non-hydrogen) atoms. The monoisotopic (exact) mass is 301 g/mol. The number of amides is 1. The molecule has 0 saturated heterocycles. The number of hydrogen-bond acceptors (Lipinski definition) is 3. The molecule has 4 nitrogen and oxygen atoms in total. The molecule has 1 aromatic carbocycles. The Morgan fingerprint density at radius 1 is 1.14 bits per heavy atom. The number of fused-ring (bicyclic) bond motifs is 1. The van der Waals surface area contributed by atoms with E-state index in [4.69, 9.17) is 11.6 Å². The van der Waals surface area contributed by atoms with Crippen molar-refractivity contribution >= 4 is 34.0 Å². The van der Waals surface area contributed by atoms with Gasteiger partial charge in [0, 0.05) is 17.8 Å². The summed E-state index contributed by atoms with van der Waals surface area (Å²) >= 11 is 6.01. The molecule has 0 unspecified atom stereocenters. The van der Waals surface area contributed by atoms with Gasteiger partial charge in [-0.1, -0.05) is 35.9 Å². The van der Waals surface area contributed by atoms with Crippen molar-refractivity contribution in [1.82, 2.24) is 9.97 Å². The highest BCUT2D eigenvalue weighted by atomic mass is 35.5. The van der Waals surface area contributed by atoms with Crippen LogP contribution < -0.4 is 5.32 Å². The van der Waals surface area contributed by atoms with Gasteiger partial charge in [-0.15, -0.1) is 0 Å². The first-order valence-corrected chi connectivity index (χ1v) is 6.48. The molecule has 1 amide bonds. The van der Waals surface area contributed by atoms with Gasteiger partial charge in [0.05, 0.1) is 17.4 Å². The van der Waals surface area contributed by atoms with Gasteiger partial charge in [0.15, 0.2) is 5.82 Å². The van der Waals surface area contributed by atoms with Crippen molar-refractivity contribution in [1.29, 1.82) is 0 Å². The normalized spacial score (nSPS) is 10.6. The lowest BCUT2D eigenvalue weighted by atomic mass is 10.1. The van der Waals surface area contributed by atoms with Gasteiger partial charge < -0.3 is 5.32 Å². The minimum Gasteiger partial charge on any atom is -0.319 e. The van der Waals surface area contributed by atoms with Gasteiger partial charge in [-0.05, 0) is 11.5 Å². The van der Waals surface area contributed by atoms with E-state index in [2.05, 4.69) is 15.3 Å². The molecule has 0 aliphatic heterocycles. The smallest absolute Gasteiger partial charge is 0.257 e. The van der Waals surface area contributed by atoms with Crippen molar-refractivity contribution in [3.8, 4) is 0 Å². The molecule has 3 aromatic rings. The van der Waals surface area contributed by atoms with Crippen LogP contribution in [0.4, 0.5) is 10.1 Å². The Hall–Kier alpha value is -2.53. The third kappa shape index (κ3) is 2.55. The first-order chi connectivity index (χ1) is 10.2. The predicted molar refractivity (Wildman–Crippen MR) is 78.9 cm³/mol. The van der Waals surface area contributed by atoms with Crippen LogP contribution in [0.2, 0.25) is 5.15 Å². The average molecular weight is 302 g/mol. The van der Waals surface area contributed by atoms with Gasteiger partial charge in [-0.25, -0.2) is 9.37 Å². The number of rotatable bonds is 2. The maximum atomic E-state index is 13.5. The van der Waals surface area contributed by atoms with Crippen LogP contribution in [-0.2, 0) is 0 Å². The van der Waals surface area contributed by atoms with Gasteiger partial charge in [0.25, 0.3) is 5.91 Å². The van der Waals surface area contributed by atoms with Crippen molar-refractivity contribution in [3.63, 3.8) is 0 Å². The molecule has 0 aliphatic rings. The number of carbonyl (C=O) groups is 1. The van der Waals surface area contributed by atoms with E-state index in [1.54, 1.807) is 24.3 Å². The highest BCUT2D eigenvalue weighted by Gasteiger charge is 2.14. The third-order valence-electron chi connectivity index (χ3n) is 3.01.